The van der Waals surface area contributed by atoms with Crippen molar-refractivity contribution >= 4 is 0 Å². The van der Waals surface area contributed by atoms with Crippen molar-refractivity contribution in [3.63, 3.8) is 0 Å². The van der Waals surface area contributed by atoms with Crippen LogP contribution in [0.1, 0.15) is 27.2 Å². The minimum Gasteiger partial charge on any atom is -0.387 e. The van der Waals surface area contributed by atoms with Crippen molar-refractivity contribution in [3.05, 3.63) is 0 Å². The second-order valence-electron chi connectivity index (χ2n) is 4.26. The lowest BCUT2D eigenvalue weighted by atomic mass is 9.78. The third-order valence-electron chi connectivity index (χ3n) is 2.98. The lowest BCUT2D eigenvalue weighted by Gasteiger charge is -2.37. The minimum atomic E-state index is -0.743. The van der Waals surface area contributed by atoms with Crippen LogP contribution in [0.2, 0.25) is 0 Å². The van der Waals surface area contributed by atoms with Crippen molar-refractivity contribution in [1.29, 1.82) is 0 Å². The van der Waals surface area contributed by atoms with Gasteiger partial charge in [-0.25, -0.2) is 0 Å². The van der Waals surface area contributed by atoms with E-state index < -0.39 is 5.60 Å². The Morgan fingerprint density at radius 2 is 1.71 bits per heavy atom. The average molecular weight is 204 g/mol. The van der Waals surface area contributed by atoms with Gasteiger partial charge in [-0.15, -0.1) is 0 Å². The summed E-state index contributed by atoms with van der Waals surface area (Å²) in [4.78, 5) is 0. The van der Waals surface area contributed by atoms with Crippen LogP contribution in [-0.2, 0) is 9.47 Å². The van der Waals surface area contributed by atoms with Gasteiger partial charge in [0.15, 0.2) is 0 Å². The Morgan fingerprint density at radius 3 is 2.07 bits per heavy atom. The van der Waals surface area contributed by atoms with E-state index in [1.165, 1.54) is 0 Å². The van der Waals surface area contributed by atoms with Crippen LogP contribution >= 0.6 is 0 Å². The molecule has 0 aromatic rings. The number of hydrogen-bond donors (Lipinski definition) is 1. The molecule has 3 nitrogen and oxygen atoms in total. The lowest BCUT2D eigenvalue weighted by molar-refractivity contribution is -0.106. The van der Waals surface area contributed by atoms with Crippen LogP contribution in [0.15, 0.2) is 0 Å². The first-order chi connectivity index (χ1) is 6.49. The van der Waals surface area contributed by atoms with E-state index in [9.17, 15) is 5.11 Å². The standard InChI is InChI=1S/C11H24O3/c1-9(2)11(12,8-14-5)10(3)6-7-13-4/h9-10,12H,6-8H2,1-5H3. The Morgan fingerprint density at radius 1 is 1.14 bits per heavy atom. The molecule has 1 N–H and O–H groups in total. The van der Waals surface area contributed by atoms with Gasteiger partial charge in [-0.3, -0.25) is 0 Å². The maximum atomic E-state index is 10.4. The van der Waals surface area contributed by atoms with Gasteiger partial charge in [-0.1, -0.05) is 20.8 Å². The van der Waals surface area contributed by atoms with Gasteiger partial charge in [-0.2, -0.15) is 0 Å². The van der Waals surface area contributed by atoms with Crippen molar-refractivity contribution < 1.29 is 14.6 Å². The Kier molecular flexibility index (Phi) is 6.33. The average Bonchev–Trinajstić information content (AvgIpc) is 2.14. The van der Waals surface area contributed by atoms with Crippen LogP contribution < -0.4 is 0 Å². The number of hydrogen-bond acceptors (Lipinski definition) is 3. The van der Waals surface area contributed by atoms with Gasteiger partial charge in [-0.05, 0) is 18.3 Å². The largest absolute Gasteiger partial charge is 0.387 e. The van der Waals surface area contributed by atoms with E-state index in [1.54, 1.807) is 14.2 Å². The molecule has 0 aliphatic heterocycles. The third-order valence-corrected chi connectivity index (χ3v) is 2.98. The maximum absolute atomic E-state index is 10.4. The second kappa shape index (κ2) is 6.38. The van der Waals surface area contributed by atoms with Gasteiger partial charge < -0.3 is 14.6 Å². The fourth-order valence-electron chi connectivity index (χ4n) is 1.65. The molecule has 0 aliphatic rings. The van der Waals surface area contributed by atoms with E-state index in [0.717, 1.165) is 6.42 Å². The summed E-state index contributed by atoms with van der Waals surface area (Å²) in [6.07, 6.45) is 0.856. The molecule has 0 aromatic carbocycles. The normalized spacial score (nSPS) is 18.2. The maximum Gasteiger partial charge on any atom is 0.0928 e. The molecule has 14 heavy (non-hydrogen) atoms. The molecule has 0 fully saturated rings. The summed E-state index contributed by atoms with van der Waals surface area (Å²) in [5.41, 5.74) is -0.743. The predicted octanol–water partition coefficient (Wildman–Crippen LogP) is 1.69. The zero-order valence-corrected chi connectivity index (χ0v) is 10.0. The van der Waals surface area contributed by atoms with Gasteiger partial charge in [0.25, 0.3) is 0 Å². The van der Waals surface area contributed by atoms with Crippen molar-refractivity contribution in [2.45, 2.75) is 32.8 Å². The molecule has 86 valence electrons. The predicted molar refractivity (Wildman–Crippen MR) is 57.3 cm³/mol. The van der Waals surface area contributed by atoms with Gasteiger partial charge in [0.2, 0.25) is 0 Å². The molecular formula is C11H24O3. The van der Waals surface area contributed by atoms with Gasteiger partial charge in [0, 0.05) is 20.8 Å². The van der Waals surface area contributed by atoms with Crippen LogP contribution in [0.3, 0.4) is 0 Å². The molecule has 2 unspecified atom stereocenters. The van der Waals surface area contributed by atoms with E-state index in [2.05, 4.69) is 0 Å². The highest BCUT2D eigenvalue weighted by atomic mass is 16.5. The smallest absolute Gasteiger partial charge is 0.0928 e. The fourth-order valence-corrected chi connectivity index (χ4v) is 1.65. The highest BCUT2D eigenvalue weighted by Gasteiger charge is 2.36. The highest BCUT2D eigenvalue weighted by molar-refractivity contribution is 4.86. The number of ether oxygens (including phenoxy) is 2. The summed E-state index contributed by atoms with van der Waals surface area (Å²) in [6.45, 7) is 7.14. The number of methoxy groups -OCH3 is 2. The van der Waals surface area contributed by atoms with E-state index in [-0.39, 0.29) is 11.8 Å². The van der Waals surface area contributed by atoms with E-state index in [4.69, 9.17) is 9.47 Å². The molecule has 2 atom stereocenters. The molecular weight excluding hydrogens is 180 g/mol. The fraction of sp³-hybridized carbons (Fsp3) is 1.00. The molecule has 0 spiro atoms. The van der Waals surface area contributed by atoms with Crippen molar-refractivity contribution in [2.24, 2.45) is 11.8 Å². The summed E-state index contributed by atoms with van der Waals surface area (Å²) in [5.74, 6) is 0.372. The molecule has 0 heterocycles. The first kappa shape index (κ1) is 13.9. The molecule has 0 saturated carbocycles. The van der Waals surface area contributed by atoms with Crippen LogP contribution in [0, 0.1) is 11.8 Å². The molecule has 0 aliphatic carbocycles. The summed E-state index contributed by atoms with van der Waals surface area (Å²) < 4.78 is 10.1. The quantitative estimate of drug-likeness (QED) is 0.686. The zero-order chi connectivity index (χ0) is 11.2. The summed E-state index contributed by atoms with van der Waals surface area (Å²) in [5, 5.41) is 10.4. The Hall–Kier alpha value is -0.120. The molecule has 0 rings (SSSR count). The number of aliphatic hydroxyl groups is 1. The Balaban J connectivity index is 4.31. The Labute approximate surface area is 87.4 Å². The monoisotopic (exact) mass is 204 g/mol. The summed E-state index contributed by atoms with van der Waals surface area (Å²) in [7, 11) is 3.30. The van der Waals surface area contributed by atoms with E-state index >= 15 is 0 Å². The van der Waals surface area contributed by atoms with Crippen LogP contribution in [-0.4, -0.2) is 38.1 Å². The molecule has 0 amide bonds. The highest BCUT2D eigenvalue weighted by Crippen LogP contribution is 2.28. The third kappa shape index (κ3) is 3.56. The molecule has 0 saturated heterocycles. The minimum absolute atomic E-state index is 0.183. The first-order valence-corrected chi connectivity index (χ1v) is 5.19. The van der Waals surface area contributed by atoms with Crippen LogP contribution in [0.5, 0.6) is 0 Å². The van der Waals surface area contributed by atoms with Crippen molar-refractivity contribution in [1.82, 2.24) is 0 Å². The SMILES string of the molecule is COCCC(C)C(O)(COC)C(C)C. The number of rotatable bonds is 7. The van der Waals surface area contributed by atoms with Crippen LogP contribution in [0.4, 0.5) is 0 Å². The van der Waals surface area contributed by atoms with Crippen molar-refractivity contribution in [3.8, 4) is 0 Å². The lowest BCUT2D eigenvalue weighted by Crippen LogP contribution is -2.46. The molecule has 3 heteroatoms. The zero-order valence-electron chi connectivity index (χ0n) is 10.0. The molecule has 0 bridgehead atoms. The van der Waals surface area contributed by atoms with E-state index in [1.807, 2.05) is 20.8 Å². The summed E-state index contributed by atoms with van der Waals surface area (Å²) in [6, 6.07) is 0. The van der Waals surface area contributed by atoms with E-state index in [0.29, 0.717) is 13.2 Å². The molecule has 0 radical (unpaired) electrons. The summed E-state index contributed by atoms with van der Waals surface area (Å²) >= 11 is 0. The second-order valence-corrected chi connectivity index (χ2v) is 4.26. The first-order valence-electron chi connectivity index (χ1n) is 5.19. The van der Waals surface area contributed by atoms with Crippen LogP contribution in [0.25, 0.3) is 0 Å². The topological polar surface area (TPSA) is 38.7 Å². The van der Waals surface area contributed by atoms with Gasteiger partial charge in [0.1, 0.15) is 0 Å². The van der Waals surface area contributed by atoms with Crippen molar-refractivity contribution in [2.75, 3.05) is 27.4 Å². The Bertz CT molecular complexity index is 147. The van der Waals surface area contributed by atoms with Gasteiger partial charge >= 0.3 is 0 Å². The van der Waals surface area contributed by atoms with Gasteiger partial charge in [0.05, 0.1) is 12.2 Å². The molecule has 0 aromatic heterocycles.